The van der Waals surface area contributed by atoms with Crippen molar-refractivity contribution in [1.29, 1.82) is 0 Å². The van der Waals surface area contributed by atoms with Crippen molar-refractivity contribution < 1.29 is 31.8 Å². The minimum atomic E-state index is -1.04. The van der Waals surface area contributed by atoms with Crippen molar-refractivity contribution in [2.75, 3.05) is 19.8 Å². The number of unbranched alkanes of at least 4 members (excludes halogenated alkanes) is 4. The van der Waals surface area contributed by atoms with Gasteiger partial charge in [-0.2, -0.15) is 4.39 Å². The van der Waals surface area contributed by atoms with Crippen LogP contribution in [0.2, 0.25) is 0 Å². The van der Waals surface area contributed by atoms with E-state index in [1.807, 2.05) is 6.92 Å². The van der Waals surface area contributed by atoms with Gasteiger partial charge in [0, 0.05) is 17.0 Å². The molecule has 0 unspecified atom stereocenters. The Labute approximate surface area is 227 Å². The SMILES string of the molecule is C/C=C/C1OCC(c2ccc(-c3ccc(-c4ccc(OCCCCCCC)c(F)c4F)cc3)c(F)c2F)CO1. The Balaban J connectivity index is 1.45. The normalized spacial score (nSPS) is 17.6. The first-order chi connectivity index (χ1) is 18.9. The molecule has 0 saturated carbocycles. The predicted octanol–water partition coefficient (Wildman–Crippen LogP) is 8.96. The van der Waals surface area contributed by atoms with Gasteiger partial charge >= 0.3 is 0 Å². The minimum Gasteiger partial charge on any atom is -0.490 e. The minimum absolute atomic E-state index is 0.0601. The van der Waals surface area contributed by atoms with Crippen LogP contribution in [-0.2, 0) is 9.47 Å². The Morgan fingerprint density at radius 3 is 1.95 bits per heavy atom. The summed E-state index contributed by atoms with van der Waals surface area (Å²) in [5.74, 6) is -4.53. The monoisotopic (exact) mass is 542 g/mol. The molecule has 39 heavy (non-hydrogen) atoms. The molecule has 3 nitrogen and oxygen atoms in total. The van der Waals surface area contributed by atoms with E-state index in [4.69, 9.17) is 14.2 Å². The second kappa shape index (κ2) is 13.8. The Morgan fingerprint density at radius 2 is 1.33 bits per heavy atom. The first-order valence-electron chi connectivity index (χ1n) is 13.5. The Morgan fingerprint density at radius 1 is 0.744 bits per heavy atom. The van der Waals surface area contributed by atoms with Crippen LogP contribution in [0.25, 0.3) is 22.3 Å². The zero-order chi connectivity index (χ0) is 27.8. The third-order valence-corrected chi connectivity index (χ3v) is 6.88. The third kappa shape index (κ3) is 6.89. The number of hydrogen-bond acceptors (Lipinski definition) is 3. The van der Waals surface area contributed by atoms with Gasteiger partial charge in [0.05, 0.1) is 19.8 Å². The smallest absolute Gasteiger partial charge is 0.201 e. The highest BCUT2D eigenvalue weighted by molar-refractivity contribution is 5.72. The van der Waals surface area contributed by atoms with Gasteiger partial charge in [0.1, 0.15) is 0 Å². The second-order valence-corrected chi connectivity index (χ2v) is 9.67. The molecular weight excluding hydrogens is 508 g/mol. The van der Waals surface area contributed by atoms with E-state index in [1.165, 1.54) is 24.3 Å². The summed E-state index contributed by atoms with van der Waals surface area (Å²) >= 11 is 0. The fourth-order valence-corrected chi connectivity index (χ4v) is 4.65. The average Bonchev–Trinajstić information content (AvgIpc) is 2.95. The first kappa shape index (κ1) is 28.8. The molecule has 3 aromatic carbocycles. The quantitative estimate of drug-likeness (QED) is 0.138. The van der Waals surface area contributed by atoms with E-state index in [9.17, 15) is 8.78 Å². The van der Waals surface area contributed by atoms with Gasteiger partial charge in [0.2, 0.25) is 5.82 Å². The molecule has 1 aliphatic heterocycles. The Kier molecular flexibility index (Phi) is 10.2. The van der Waals surface area contributed by atoms with E-state index in [-0.39, 0.29) is 35.7 Å². The summed E-state index contributed by atoms with van der Waals surface area (Å²) in [5.41, 5.74) is 1.14. The fourth-order valence-electron chi connectivity index (χ4n) is 4.65. The molecule has 0 spiro atoms. The Bertz CT molecular complexity index is 1270. The van der Waals surface area contributed by atoms with Gasteiger partial charge in [0.15, 0.2) is 29.5 Å². The molecule has 0 aromatic heterocycles. The summed E-state index contributed by atoms with van der Waals surface area (Å²) in [4.78, 5) is 0. The van der Waals surface area contributed by atoms with E-state index in [1.54, 1.807) is 36.4 Å². The molecule has 0 atom stereocenters. The molecule has 0 bridgehead atoms. The molecule has 0 amide bonds. The average molecular weight is 543 g/mol. The van der Waals surface area contributed by atoms with Crippen LogP contribution in [-0.4, -0.2) is 26.1 Å². The standard InChI is InChI=1S/C32H34F4O3/c1-3-5-6-7-8-18-37-27-17-16-25(31(35)32(27)36)22-12-10-21(11-13-22)24-14-15-26(30(34)29(24)33)23-19-38-28(9-4-2)39-20-23/h4,9-17,23,28H,3,5-8,18-20H2,1-2H3/b9-4+. The zero-order valence-electron chi connectivity index (χ0n) is 22.3. The molecule has 1 fully saturated rings. The van der Waals surface area contributed by atoms with Crippen LogP contribution in [0.5, 0.6) is 5.75 Å². The lowest BCUT2D eigenvalue weighted by Crippen LogP contribution is -2.30. The summed E-state index contributed by atoms with van der Waals surface area (Å²) < 4.78 is 76.2. The van der Waals surface area contributed by atoms with E-state index in [0.717, 1.165) is 32.1 Å². The van der Waals surface area contributed by atoms with Gasteiger partial charge < -0.3 is 14.2 Å². The molecule has 0 radical (unpaired) electrons. The van der Waals surface area contributed by atoms with Crippen LogP contribution in [0.3, 0.4) is 0 Å². The molecule has 1 saturated heterocycles. The fraction of sp³-hybridized carbons (Fsp3) is 0.375. The van der Waals surface area contributed by atoms with Crippen LogP contribution < -0.4 is 4.74 Å². The number of halogens is 4. The van der Waals surface area contributed by atoms with Crippen molar-refractivity contribution in [2.24, 2.45) is 0 Å². The van der Waals surface area contributed by atoms with Crippen molar-refractivity contribution in [2.45, 2.75) is 58.2 Å². The highest BCUT2D eigenvalue weighted by Crippen LogP contribution is 2.34. The van der Waals surface area contributed by atoms with Crippen LogP contribution in [0.1, 0.15) is 57.4 Å². The van der Waals surface area contributed by atoms with E-state index in [2.05, 4.69) is 6.92 Å². The number of rotatable bonds is 11. The van der Waals surface area contributed by atoms with Crippen molar-refractivity contribution in [3.8, 4) is 28.0 Å². The largest absolute Gasteiger partial charge is 0.490 e. The summed E-state index contributed by atoms with van der Waals surface area (Å²) in [7, 11) is 0. The van der Waals surface area contributed by atoms with Crippen LogP contribution in [0.15, 0.2) is 60.7 Å². The van der Waals surface area contributed by atoms with Crippen LogP contribution in [0, 0.1) is 23.3 Å². The molecule has 0 aliphatic carbocycles. The maximum absolute atomic E-state index is 15.1. The number of ether oxygens (including phenoxy) is 3. The van der Waals surface area contributed by atoms with Crippen LogP contribution >= 0.6 is 0 Å². The third-order valence-electron chi connectivity index (χ3n) is 6.88. The van der Waals surface area contributed by atoms with Crippen molar-refractivity contribution in [3.63, 3.8) is 0 Å². The predicted molar refractivity (Wildman–Crippen MR) is 145 cm³/mol. The van der Waals surface area contributed by atoms with Gasteiger partial charge in [-0.15, -0.1) is 0 Å². The van der Waals surface area contributed by atoms with Crippen molar-refractivity contribution in [1.82, 2.24) is 0 Å². The van der Waals surface area contributed by atoms with Gasteiger partial charge in [-0.05, 0) is 48.2 Å². The van der Waals surface area contributed by atoms with E-state index >= 15 is 8.78 Å². The molecule has 0 N–H and O–H groups in total. The van der Waals surface area contributed by atoms with Gasteiger partial charge in [-0.1, -0.05) is 75.1 Å². The maximum Gasteiger partial charge on any atom is 0.201 e. The summed E-state index contributed by atoms with van der Waals surface area (Å²) in [6.07, 6.45) is 8.19. The summed E-state index contributed by atoms with van der Waals surface area (Å²) in [5, 5.41) is 0. The number of allylic oxidation sites excluding steroid dienone is 1. The molecular formula is C32H34F4O3. The molecule has 1 heterocycles. The van der Waals surface area contributed by atoms with Crippen molar-refractivity contribution >= 4 is 0 Å². The first-order valence-corrected chi connectivity index (χ1v) is 13.5. The molecule has 4 rings (SSSR count). The van der Waals surface area contributed by atoms with Gasteiger partial charge in [0.25, 0.3) is 0 Å². The van der Waals surface area contributed by atoms with Crippen LogP contribution in [0.4, 0.5) is 17.6 Å². The lowest BCUT2D eigenvalue weighted by Gasteiger charge is -2.28. The van der Waals surface area contributed by atoms with E-state index < -0.39 is 35.5 Å². The molecule has 7 heteroatoms. The Hall–Kier alpha value is -3.16. The maximum atomic E-state index is 15.1. The van der Waals surface area contributed by atoms with Gasteiger partial charge in [-0.25, -0.2) is 13.2 Å². The summed E-state index contributed by atoms with van der Waals surface area (Å²) in [6.45, 7) is 4.72. The second-order valence-electron chi connectivity index (χ2n) is 9.67. The van der Waals surface area contributed by atoms with Crippen molar-refractivity contribution in [3.05, 3.63) is 89.5 Å². The topological polar surface area (TPSA) is 27.7 Å². The van der Waals surface area contributed by atoms with Gasteiger partial charge in [-0.3, -0.25) is 0 Å². The highest BCUT2D eigenvalue weighted by atomic mass is 19.2. The molecule has 3 aromatic rings. The lowest BCUT2D eigenvalue weighted by atomic mass is 9.94. The molecule has 1 aliphatic rings. The molecule has 208 valence electrons. The number of benzene rings is 3. The lowest BCUT2D eigenvalue weighted by molar-refractivity contribution is -0.159. The zero-order valence-corrected chi connectivity index (χ0v) is 22.3. The number of hydrogen-bond donors (Lipinski definition) is 0. The summed E-state index contributed by atoms with van der Waals surface area (Å²) in [6, 6.07) is 12.1. The van der Waals surface area contributed by atoms with E-state index in [0.29, 0.717) is 17.7 Å². The highest BCUT2D eigenvalue weighted by Gasteiger charge is 2.27.